The van der Waals surface area contributed by atoms with E-state index in [2.05, 4.69) is 31.5 Å². The number of nitrogens with one attached hydrogen (secondary N) is 1. The van der Waals surface area contributed by atoms with E-state index < -0.39 is 0 Å². The number of aromatic nitrogens is 3. The van der Waals surface area contributed by atoms with Gasteiger partial charge in [0.05, 0.1) is 5.02 Å². The first kappa shape index (κ1) is 13.6. The molecule has 1 saturated heterocycles. The molecule has 0 aliphatic carbocycles. The molecule has 20 heavy (non-hydrogen) atoms. The number of halogens is 1. The monoisotopic (exact) mass is 309 g/mol. The lowest BCUT2D eigenvalue weighted by Gasteiger charge is -2.18. The van der Waals surface area contributed by atoms with Crippen molar-refractivity contribution < 1.29 is 0 Å². The van der Waals surface area contributed by atoms with Crippen LogP contribution in [0.2, 0.25) is 5.02 Å². The fourth-order valence-electron chi connectivity index (χ4n) is 2.31. The van der Waals surface area contributed by atoms with Gasteiger partial charge in [-0.05, 0) is 18.6 Å². The van der Waals surface area contributed by atoms with E-state index in [0.29, 0.717) is 11.1 Å². The quantitative estimate of drug-likeness (QED) is 0.941. The summed E-state index contributed by atoms with van der Waals surface area (Å²) >= 11 is 7.62. The number of nitrogens with zero attached hydrogens (tertiary/aromatic N) is 4. The van der Waals surface area contributed by atoms with Gasteiger partial charge < -0.3 is 10.2 Å². The second-order valence-electron chi connectivity index (χ2n) is 4.75. The molecule has 0 spiro atoms. The molecule has 2 aromatic rings. The topological polar surface area (TPSA) is 53.9 Å². The summed E-state index contributed by atoms with van der Waals surface area (Å²) in [5.74, 6) is 1.77. The van der Waals surface area contributed by atoms with E-state index in [0.717, 1.165) is 42.7 Å². The van der Waals surface area contributed by atoms with Gasteiger partial charge in [-0.1, -0.05) is 18.5 Å². The Morgan fingerprint density at radius 1 is 1.55 bits per heavy atom. The average Bonchev–Trinajstić information content (AvgIpc) is 3.09. The van der Waals surface area contributed by atoms with Gasteiger partial charge in [-0.15, -0.1) is 0 Å². The molecule has 0 amide bonds. The largest absolute Gasteiger partial charge is 0.356 e. The van der Waals surface area contributed by atoms with Crippen LogP contribution in [-0.2, 0) is 6.42 Å². The fourth-order valence-corrected chi connectivity index (χ4v) is 3.28. The van der Waals surface area contributed by atoms with Crippen LogP contribution in [0.5, 0.6) is 0 Å². The summed E-state index contributed by atoms with van der Waals surface area (Å²) in [4.78, 5) is 11.0. The predicted molar refractivity (Wildman–Crippen MR) is 82.8 cm³/mol. The van der Waals surface area contributed by atoms with Crippen molar-refractivity contribution >= 4 is 34.1 Å². The van der Waals surface area contributed by atoms with Gasteiger partial charge >= 0.3 is 0 Å². The zero-order chi connectivity index (χ0) is 13.9. The summed E-state index contributed by atoms with van der Waals surface area (Å²) in [6.45, 7) is 3.90. The van der Waals surface area contributed by atoms with Crippen molar-refractivity contribution in [1.29, 1.82) is 0 Å². The van der Waals surface area contributed by atoms with Crippen molar-refractivity contribution in [3.05, 3.63) is 29.2 Å². The number of aryl methyl sites for hydroxylation is 1. The maximum absolute atomic E-state index is 6.19. The van der Waals surface area contributed by atoms with Crippen LogP contribution in [0.15, 0.2) is 18.3 Å². The number of pyridine rings is 1. The molecule has 0 unspecified atom stereocenters. The van der Waals surface area contributed by atoms with Gasteiger partial charge in [0, 0.05) is 43.3 Å². The van der Waals surface area contributed by atoms with Gasteiger partial charge in [0.2, 0.25) is 5.13 Å². The molecule has 0 aromatic carbocycles. The van der Waals surface area contributed by atoms with E-state index >= 15 is 0 Å². The lowest BCUT2D eigenvalue weighted by Crippen LogP contribution is -2.26. The first-order valence-corrected chi connectivity index (χ1v) is 7.86. The molecule has 7 heteroatoms. The zero-order valence-corrected chi connectivity index (χ0v) is 12.8. The maximum Gasteiger partial charge on any atom is 0.202 e. The van der Waals surface area contributed by atoms with Crippen LogP contribution in [0.4, 0.5) is 10.9 Å². The van der Waals surface area contributed by atoms with Crippen molar-refractivity contribution in [2.75, 3.05) is 23.3 Å². The number of rotatable bonds is 4. The molecular weight excluding hydrogens is 294 g/mol. The van der Waals surface area contributed by atoms with E-state index in [4.69, 9.17) is 11.6 Å². The predicted octanol–water partition coefficient (Wildman–Crippen LogP) is 2.84. The summed E-state index contributed by atoms with van der Waals surface area (Å²) in [6, 6.07) is 4.10. The third-order valence-electron chi connectivity index (χ3n) is 3.34. The van der Waals surface area contributed by atoms with Gasteiger partial charge in [-0.25, -0.2) is 9.97 Å². The molecule has 1 aliphatic heterocycles. The molecule has 2 aromatic heterocycles. The molecule has 1 atom stereocenters. The molecule has 0 saturated carbocycles. The molecule has 1 fully saturated rings. The molecule has 106 valence electrons. The average molecular weight is 310 g/mol. The minimum absolute atomic E-state index is 0.366. The maximum atomic E-state index is 6.19. The molecule has 1 aliphatic rings. The first-order valence-electron chi connectivity index (χ1n) is 6.71. The minimum atomic E-state index is 0.366. The summed E-state index contributed by atoms with van der Waals surface area (Å²) in [5, 5.41) is 5.06. The standard InChI is InChI=1S/C13H16ClN5S/c1-2-11-17-13(20-18-11)16-9-5-7-19(8-9)12-10(14)4-3-6-15-12/h3-4,6,9H,2,5,7-8H2,1H3,(H,16,17,18)/t9-/m0/s1. The van der Waals surface area contributed by atoms with Crippen LogP contribution in [0.1, 0.15) is 19.2 Å². The van der Waals surface area contributed by atoms with Gasteiger partial charge in [-0.3, -0.25) is 0 Å². The second-order valence-corrected chi connectivity index (χ2v) is 5.91. The molecule has 0 bridgehead atoms. The first-order chi connectivity index (χ1) is 9.76. The summed E-state index contributed by atoms with van der Waals surface area (Å²) in [5.41, 5.74) is 0. The van der Waals surface area contributed by atoms with Crippen molar-refractivity contribution in [3.63, 3.8) is 0 Å². The highest BCUT2D eigenvalue weighted by Gasteiger charge is 2.25. The van der Waals surface area contributed by atoms with Crippen LogP contribution in [0, 0.1) is 0 Å². The Bertz CT molecular complexity index is 588. The van der Waals surface area contributed by atoms with Gasteiger partial charge in [0.25, 0.3) is 0 Å². The normalized spacial score (nSPS) is 18.5. The second kappa shape index (κ2) is 5.93. The van der Waals surface area contributed by atoms with E-state index in [9.17, 15) is 0 Å². The van der Waals surface area contributed by atoms with Gasteiger partial charge in [-0.2, -0.15) is 4.37 Å². The van der Waals surface area contributed by atoms with Crippen LogP contribution >= 0.6 is 23.1 Å². The Morgan fingerprint density at radius 3 is 3.20 bits per heavy atom. The Balaban J connectivity index is 1.63. The van der Waals surface area contributed by atoms with Crippen LogP contribution in [-0.4, -0.2) is 33.5 Å². The summed E-state index contributed by atoms with van der Waals surface area (Å²) in [7, 11) is 0. The Labute approximate surface area is 127 Å². The summed E-state index contributed by atoms with van der Waals surface area (Å²) in [6.07, 6.45) is 3.70. The SMILES string of the molecule is CCc1nsc(N[C@H]2CCN(c3ncccc3Cl)C2)n1. The third-order valence-corrected chi connectivity index (χ3v) is 4.32. The zero-order valence-electron chi connectivity index (χ0n) is 11.2. The molecular formula is C13H16ClN5S. The van der Waals surface area contributed by atoms with Crippen LogP contribution in [0.3, 0.4) is 0 Å². The summed E-state index contributed by atoms with van der Waals surface area (Å²) < 4.78 is 4.29. The minimum Gasteiger partial charge on any atom is -0.356 e. The number of hydrogen-bond donors (Lipinski definition) is 1. The Hall–Kier alpha value is -1.40. The molecule has 0 radical (unpaired) electrons. The highest BCUT2D eigenvalue weighted by Crippen LogP contribution is 2.27. The smallest absolute Gasteiger partial charge is 0.202 e. The van der Waals surface area contributed by atoms with E-state index in [1.807, 2.05) is 12.1 Å². The van der Waals surface area contributed by atoms with Gasteiger partial charge in [0.1, 0.15) is 11.6 Å². The Kier molecular flexibility index (Phi) is 4.03. The van der Waals surface area contributed by atoms with E-state index in [-0.39, 0.29) is 0 Å². The van der Waals surface area contributed by atoms with Crippen molar-refractivity contribution in [2.45, 2.75) is 25.8 Å². The van der Waals surface area contributed by atoms with Crippen LogP contribution in [0.25, 0.3) is 0 Å². The fraction of sp³-hybridized carbons (Fsp3) is 0.462. The van der Waals surface area contributed by atoms with Crippen molar-refractivity contribution in [2.24, 2.45) is 0 Å². The number of hydrogen-bond acceptors (Lipinski definition) is 6. The third kappa shape index (κ3) is 2.86. The number of anilines is 2. The van der Waals surface area contributed by atoms with Crippen LogP contribution < -0.4 is 10.2 Å². The highest BCUT2D eigenvalue weighted by atomic mass is 35.5. The Morgan fingerprint density at radius 2 is 2.45 bits per heavy atom. The van der Waals surface area contributed by atoms with E-state index in [1.165, 1.54) is 11.5 Å². The molecule has 3 heterocycles. The molecule has 5 nitrogen and oxygen atoms in total. The van der Waals surface area contributed by atoms with E-state index in [1.54, 1.807) is 6.20 Å². The molecule has 3 rings (SSSR count). The lowest BCUT2D eigenvalue weighted by molar-refractivity contribution is 0.802. The molecule has 1 N–H and O–H groups in total. The lowest BCUT2D eigenvalue weighted by atomic mass is 10.3. The van der Waals surface area contributed by atoms with Crippen molar-refractivity contribution in [1.82, 2.24) is 14.3 Å². The highest BCUT2D eigenvalue weighted by molar-refractivity contribution is 7.09. The van der Waals surface area contributed by atoms with Gasteiger partial charge in [0.15, 0.2) is 0 Å². The van der Waals surface area contributed by atoms with Crippen molar-refractivity contribution in [3.8, 4) is 0 Å².